The molecule has 0 radical (unpaired) electrons. The minimum atomic E-state index is -0.194. The summed E-state index contributed by atoms with van der Waals surface area (Å²) >= 11 is 0. The van der Waals surface area contributed by atoms with Gasteiger partial charge in [-0.05, 0) is 37.6 Å². The molecule has 1 fully saturated rings. The van der Waals surface area contributed by atoms with Crippen molar-refractivity contribution in [2.24, 2.45) is 5.92 Å². The lowest BCUT2D eigenvalue weighted by Crippen LogP contribution is -2.53. The Hall–Kier alpha value is -2.89. The summed E-state index contributed by atoms with van der Waals surface area (Å²) < 4.78 is 5.41. The summed E-state index contributed by atoms with van der Waals surface area (Å²) in [4.78, 5) is 29.7. The first-order chi connectivity index (χ1) is 11.5. The van der Waals surface area contributed by atoms with E-state index in [1.807, 2.05) is 32.0 Å². The lowest BCUT2D eigenvalue weighted by molar-refractivity contribution is -0.137. The average Bonchev–Trinajstić information content (AvgIpc) is 2.94. The van der Waals surface area contributed by atoms with Crippen molar-refractivity contribution in [2.75, 3.05) is 18.4 Å². The molecule has 24 heavy (non-hydrogen) atoms. The number of benzene rings is 1. The van der Waals surface area contributed by atoms with Crippen LogP contribution < -0.4 is 5.32 Å². The number of oxazole rings is 1. The largest absolute Gasteiger partial charge is 0.444 e. The number of carbonyl (C=O) groups excluding carboxylic acids is 2. The molecule has 0 atom stereocenters. The van der Waals surface area contributed by atoms with E-state index in [0.29, 0.717) is 19.0 Å². The molecule has 1 saturated heterocycles. The molecule has 3 rings (SSSR count). The van der Waals surface area contributed by atoms with Crippen molar-refractivity contribution in [3.8, 4) is 11.5 Å². The fourth-order valence-corrected chi connectivity index (χ4v) is 2.56. The highest BCUT2D eigenvalue weighted by Crippen LogP contribution is 2.26. The van der Waals surface area contributed by atoms with Gasteiger partial charge in [-0.15, -0.1) is 0 Å². The van der Waals surface area contributed by atoms with Crippen molar-refractivity contribution in [3.05, 3.63) is 48.4 Å². The van der Waals surface area contributed by atoms with Gasteiger partial charge in [-0.1, -0.05) is 12.6 Å². The van der Waals surface area contributed by atoms with E-state index in [-0.39, 0.29) is 17.7 Å². The van der Waals surface area contributed by atoms with Gasteiger partial charge in [0.2, 0.25) is 17.7 Å². The van der Waals surface area contributed by atoms with Crippen molar-refractivity contribution in [1.82, 2.24) is 9.88 Å². The SMILES string of the molecule is C=CC(=O)N1CC(C(=O)Nc2cc(-c3nc(C)co3)ccc2C)C1. The van der Waals surface area contributed by atoms with Gasteiger partial charge < -0.3 is 14.6 Å². The Morgan fingerprint density at radius 1 is 1.38 bits per heavy atom. The van der Waals surface area contributed by atoms with Gasteiger partial charge in [-0.3, -0.25) is 9.59 Å². The third-order valence-corrected chi connectivity index (χ3v) is 4.10. The van der Waals surface area contributed by atoms with E-state index in [4.69, 9.17) is 4.42 Å². The summed E-state index contributed by atoms with van der Waals surface area (Å²) in [6.45, 7) is 8.08. The quantitative estimate of drug-likeness (QED) is 0.877. The van der Waals surface area contributed by atoms with E-state index in [1.54, 1.807) is 11.2 Å². The molecule has 0 saturated carbocycles. The van der Waals surface area contributed by atoms with Crippen LogP contribution in [-0.2, 0) is 9.59 Å². The van der Waals surface area contributed by atoms with Crippen molar-refractivity contribution in [2.45, 2.75) is 13.8 Å². The van der Waals surface area contributed by atoms with Crippen LogP contribution in [-0.4, -0.2) is 34.8 Å². The molecule has 0 unspecified atom stereocenters. The van der Waals surface area contributed by atoms with Gasteiger partial charge in [0.1, 0.15) is 6.26 Å². The number of hydrogen-bond donors (Lipinski definition) is 1. The molecule has 2 heterocycles. The maximum atomic E-state index is 12.3. The summed E-state index contributed by atoms with van der Waals surface area (Å²) in [7, 11) is 0. The zero-order valence-corrected chi connectivity index (χ0v) is 13.7. The van der Waals surface area contributed by atoms with E-state index in [9.17, 15) is 9.59 Å². The lowest BCUT2D eigenvalue weighted by Gasteiger charge is -2.37. The molecule has 0 spiro atoms. The Kier molecular flexibility index (Phi) is 4.20. The van der Waals surface area contributed by atoms with E-state index in [1.165, 1.54) is 6.08 Å². The monoisotopic (exact) mass is 325 g/mol. The Morgan fingerprint density at radius 2 is 2.12 bits per heavy atom. The van der Waals surface area contributed by atoms with Crippen molar-refractivity contribution >= 4 is 17.5 Å². The van der Waals surface area contributed by atoms with Crippen LogP contribution in [0.4, 0.5) is 5.69 Å². The number of aromatic nitrogens is 1. The second kappa shape index (κ2) is 6.31. The predicted molar refractivity (Wildman–Crippen MR) is 90.3 cm³/mol. The van der Waals surface area contributed by atoms with E-state index >= 15 is 0 Å². The van der Waals surface area contributed by atoms with Gasteiger partial charge in [-0.2, -0.15) is 0 Å². The molecule has 1 aliphatic rings. The number of anilines is 1. The first kappa shape index (κ1) is 16.0. The minimum Gasteiger partial charge on any atom is -0.444 e. The summed E-state index contributed by atoms with van der Waals surface area (Å²) in [6.07, 6.45) is 2.85. The Balaban J connectivity index is 1.70. The van der Waals surface area contributed by atoms with Gasteiger partial charge in [-0.25, -0.2) is 4.98 Å². The van der Waals surface area contributed by atoms with E-state index in [2.05, 4.69) is 16.9 Å². The zero-order chi connectivity index (χ0) is 17.3. The number of carbonyl (C=O) groups is 2. The molecule has 0 bridgehead atoms. The fourth-order valence-electron chi connectivity index (χ4n) is 2.56. The number of rotatable bonds is 4. The normalized spacial score (nSPS) is 14.2. The molecule has 6 heteroatoms. The lowest BCUT2D eigenvalue weighted by atomic mass is 9.98. The summed E-state index contributed by atoms with van der Waals surface area (Å²) in [5.41, 5.74) is 3.29. The molecular weight excluding hydrogens is 306 g/mol. The Bertz CT molecular complexity index is 804. The topological polar surface area (TPSA) is 75.4 Å². The average molecular weight is 325 g/mol. The maximum absolute atomic E-state index is 12.3. The second-order valence-corrected chi connectivity index (χ2v) is 5.96. The van der Waals surface area contributed by atoms with Crippen LogP contribution in [0.3, 0.4) is 0 Å². The van der Waals surface area contributed by atoms with Crippen LogP contribution in [0.1, 0.15) is 11.3 Å². The highest BCUT2D eigenvalue weighted by molar-refractivity contribution is 5.96. The summed E-state index contributed by atoms with van der Waals surface area (Å²) in [6, 6.07) is 5.67. The maximum Gasteiger partial charge on any atom is 0.246 e. The molecule has 6 nitrogen and oxygen atoms in total. The van der Waals surface area contributed by atoms with Gasteiger partial charge >= 0.3 is 0 Å². The first-order valence-corrected chi connectivity index (χ1v) is 7.73. The standard InChI is InChI=1S/C18H19N3O3/c1-4-16(22)21-8-14(9-21)17(23)20-15-7-13(6-5-11(15)2)18-19-12(3)10-24-18/h4-7,10,14H,1,8-9H2,2-3H3,(H,20,23). The number of hydrogen-bond acceptors (Lipinski definition) is 4. The highest BCUT2D eigenvalue weighted by atomic mass is 16.3. The molecule has 1 aromatic heterocycles. The van der Waals surface area contributed by atoms with Crippen molar-refractivity contribution in [1.29, 1.82) is 0 Å². The van der Waals surface area contributed by atoms with Crippen LogP contribution >= 0.6 is 0 Å². The van der Waals surface area contributed by atoms with Gasteiger partial charge in [0.05, 0.1) is 11.6 Å². The summed E-state index contributed by atoms with van der Waals surface area (Å²) in [5, 5.41) is 2.93. The molecule has 2 aromatic rings. The molecular formula is C18H19N3O3. The third kappa shape index (κ3) is 3.08. The van der Waals surface area contributed by atoms with Gasteiger partial charge in [0.15, 0.2) is 0 Å². The second-order valence-electron chi connectivity index (χ2n) is 5.96. The van der Waals surface area contributed by atoms with Crippen LogP contribution in [0.25, 0.3) is 11.5 Å². The van der Waals surface area contributed by atoms with Gasteiger partial charge in [0, 0.05) is 24.3 Å². The number of amides is 2. The Labute approximate surface area is 140 Å². The van der Waals surface area contributed by atoms with E-state index < -0.39 is 0 Å². The number of nitrogens with one attached hydrogen (secondary N) is 1. The molecule has 1 aromatic carbocycles. The van der Waals surface area contributed by atoms with Gasteiger partial charge in [0.25, 0.3) is 0 Å². The van der Waals surface area contributed by atoms with Crippen molar-refractivity contribution < 1.29 is 14.0 Å². The Morgan fingerprint density at radius 3 is 2.75 bits per heavy atom. The minimum absolute atomic E-state index is 0.0908. The van der Waals surface area contributed by atoms with Crippen molar-refractivity contribution in [3.63, 3.8) is 0 Å². The highest BCUT2D eigenvalue weighted by Gasteiger charge is 2.34. The molecule has 1 aliphatic heterocycles. The number of aryl methyl sites for hydroxylation is 2. The zero-order valence-electron chi connectivity index (χ0n) is 13.7. The van der Waals surface area contributed by atoms with Crippen LogP contribution in [0.15, 0.2) is 41.5 Å². The molecule has 124 valence electrons. The van der Waals surface area contributed by atoms with E-state index in [0.717, 1.165) is 22.5 Å². The van der Waals surface area contributed by atoms with Crippen LogP contribution in [0, 0.1) is 19.8 Å². The molecule has 0 aliphatic carbocycles. The molecule has 1 N–H and O–H groups in total. The number of nitrogens with zero attached hydrogens (tertiary/aromatic N) is 2. The van der Waals surface area contributed by atoms with Crippen LogP contribution in [0.2, 0.25) is 0 Å². The third-order valence-electron chi connectivity index (χ3n) is 4.10. The molecule has 2 amide bonds. The first-order valence-electron chi connectivity index (χ1n) is 7.73. The van der Waals surface area contributed by atoms with Crippen LogP contribution in [0.5, 0.6) is 0 Å². The summed E-state index contributed by atoms with van der Waals surface area (Å²) in [5.74, 6) is 0.0961. The predicted octanol–water partition coefficient (Wildman–Crippen LogP) is 2.54. The fraction of sp³-hybridized carbons (Fsp3) is 0.278. The number of likely N-dealkylation sites (tertiary alicyclic amines) is 1. The smallest absolute Gasteiger partial charge is 0.246 e.